The summed E-state index contributed by atoms with van der Waals surface area (Å²) in [5, 5.41) is 18.3. The summed E-state index contributed by atoms with van der Waals surface area (Å²) in [6.45, 7) is 3.00. The molecule has 0 aliphatic heterocycles. The molecule has 0 amide bonds. The van der Waals surface area contributed by atoms with E-state index in [9.17, 15) is 9.59 Å². The van der Waals surface area contributed by atoms with Crippen LogP contribution >= 0.6 is 0 Å². The minimum absolute atomic E-state index is 0.0347. The Bertz CT molecular complexity index is 347. The second-order valence-electron chi connectivity index (χ2n) is 2.94. The molecule has 6 N–H and O–H groups in total. The van der Waals surface area contributed by atoms with Crippen LogP contribution in [0.1, 0.15) is 13.8 Å². The zero-order chi connectivity index (χ0) is 12.9. The Morgan fingerprint density at radius 2 is 1.69 bits per heavy atom. The number of nitrogens with two attached hydrogens (primary N) is 2. The molecule has 16 heavy (non-hydrogen) atoms. The number of carbonyl (C=O) groups is 2. The minimum Gasteiger partial charge on any atom is -0.480 e. The van der Waals surface area contributed by atoms with Crippen molar-refractivity contribution in [2.75, 3.05) is 0 Å². The van der Waals surface area contributed by atoms with Gasteiger partial charge in [-0.3, -0.25) is 16.5 Å². The number of nitrogens with zero attached hydrogens (tertiary/aromatic N) is 1. The van der Waals surface area contributed by atoms with Crippen LogP contribution < -0.4 is 11.7 Å². The van der Waals surface area contributed by atoms with Crippen LogP contribution in [0.5, 0.6) is 0 Å². The van der Waals surface area contributed by atoms with Crippen LogP contribution in [0.25, 0.3) is 0 Å². The average Bonchev–Trinajstić information content (AvgIpc) is 2.15. The van der Waals surface area contributed by atoms with Gasteiger partial charge in [0.05, 0.1) is 5.57 Å². The van der Waals surface area contributed by atoms with Gasteiger partial charge in [-0.2, -0.15) is 5.12 Å². The summed E-state index contributed by atoms with van der Waals surface area (Å²) >= 11 is 0. The molecule has 0 aliphatic carbocycles. The van der Waals surface area contributed by atoms with Crippen LogP contribution in [0.3, 0.4) is 0 Å². The maximum atomic E-state index is 10.9. The standard InChI is InChI=1S/C9H15N3O4/c1-3-5(6(4-2)8(13)14)7(9(15)16)12(10)11/h3-4,7H,10-11H2,1-2H3,(H,13,14)(H,15,16)/t7-/m0/s1. The van der Waals surface area contributed by atoms with Crippen molar-refractivity contribution in [1.29, 1.82) is 0 Å². The molecule has 0 radical (unpaired) electrons. The monoisotopic (exact) mass is 229 g/mol. The molecule has 0 saturated heterocycles. The molecule has 0 heterocycles. The Morgan fingerprint density at radius 1 is 1.19 bits per heavy atom. The Hall–Kier alpha value is -1.70. The molecule has 0 saturated carbocycles. The number of hydrogen-bond acceptors (Lipinski definition) is 5. The predicted molar refractivity (Wildman–Crippen MR) is 56.8 cm³/mol. The van der Waals surface area contributed by atoms with Gasteiger partial charge in [-0.05, 0) is 19.4 Å². The maximum absolute atomic E-state index is 10.9. The first-order chi connectivity index (χ1) is 7.36. The highest BCUT2D eigenvalue weighted by atomic mass is 16.4. The zero-order valence-corrected chi connectivity index (χ0v) is 9.04. The summed E-state index contributed by atoms with van der Waals surface area (Å²) < 4.78 is 0. The number of carboxylic acids is 2. The van der Waals surface area contributed by atoms with Gasteiger partial charge in [0.1, 0.15) is 0 Å². The molecular formula is C9H15N3O4. The summed E-state index contributed by atoms with van der Waals surface area (Å²) in [6.07, 6.45) is 2.64. The number of aliphatic carboxylic acids is 2. The third-order valence-corrected chi connectivity index (χ3v) is 1.97. The van der Waals surface area contributed by atoms with E-state index in [2.05, 4.69) is 0 Å². The van der Waals surface area contributed by atoms with Crippen LogP contribution in [0, 0.1) is 0 Å². The lowest BCUT2D eigenvalue weighted by atomic mass is 9.98. The van der Waals surface area contributed by atoms with E-state index in [1.54, 1.807) is 0 Å². The molecule has 7 heteroatoms. The van der Waals surface area contributed by atoms with E-state index in [1.807, 2.05) is 0 Å². The molecule has 0 unspecified atom stereocenters. The van der Waals surface area contributed by atoms with E-state index >= 15 is 0 Å². The van der Waals surface area contributed by atoms with E-state index in [0.29, 0.717) is 5.12 Å². The van der Waals surface area contributed by atoms with Crippen LogP contribution in [0.15, 0.2) is 23.3 Å². The summed E-state index contributed by atoms with van der Waals surface area (Å²) in [5.41, 5.74) is -0.108. The van der Waals surface area contributed by atoms with Gasteiger partial charge in [0.2, 0.25) is 0 Å². The fourth-order valence-electron chi connectivity index (χ4n) is 1.30. The van der Waals surface area contributed by atoms with Crippen LogP contribution in [0.4, 0.5) is 0 Å². The molecule has 0 fully saturated rings. The van der Waals surface area contributed by atoms with Crippen molar-refractivity contribution in [1.82, 2.24) is 5.12 Å². The quantitative estimate of drug-likeness (QED) is 0.216. The molecule has 0 bridgehead atoms. The molecule has 0 spiro atoms. The number of allylic oxidation sites excluding steroid dienone is 2. The SMILES string of the molecule is CC=C(C(=O)O)C(=CC)[C@@H](C(=O)O)N(N)N. The lowest BCUT2D eigenvalue weighted by Gasteiger charge is -2.22. The lowest BCUT2D eigenvalue weighted by molar-refractivity contribution is -0.141. The molecule has 0 aromatic heterocycles. The van der Waals surface area contributed by atoms with Crippen molar-refractivity contribution in [3.05, 3.63) is 23.3 Å². The van der Waals surface area contributed by atoms with E-state index in [-0.39, 0.29) is 11.1 Å². The van der Waals surface area contributed by atoms with E-state index in [4.69, 9.17) is 21.9 Å². The van der Waals surface area contributed by atoms with Gasteiger partial charge < -0.3 is 10.2 Å². The highest BCUT2D eigenvalue weighted by Gasteiger charge is 2.29. The van der Waals surface area contributed by atoms with Crippen molar-refractivity contribution in [2.24, 2.45) is 11.7 Å². The van der Waals surface area contributed by atoms with E-state index in [0.717, 1.165) is 0 Å². The first-order valence-corrected chi connectivity index (χ1v) is 4.44. The van der Waals surface area contributed by atoms with Crippen molar-refractivity contribution in [3.8, 4) is 0 Å². The zero-order valence-electron chi connectivity index (χ0n) is 9.04. The molecule has 0 aliphatic rings. The van der Waals surface area contributed by atoms with Crippen molar-refractivity contribution >= 4 is 11.9 Å². The first-order valence-electron chi connectivity index (χ1n) is 4.44. The third kappa shape index (κ3) is 3.16. The topological polar surface area (TPSA) is 130 Å². The normalized spacial score (nSPS) is 15.1. The summed E-state index contributed by atoms with van der Waals surface area (Å²) in [5.74, 6) is 7.80. The van der Waals surface area contributed by atoms with Crippen molar-refractivity contribution in [2.45, 2.75) is 19.9 Å². The summed E-state index contributed by atoms with van der Waals surface area (Å²) in [4.78, 5) is 21.8. The van der Waals surface area contributed by atoms with Crippen molar-refractivity contribution < 1.29 is 19.8 Å². The minimum atomic E-state index is -1.40. The molecule has 0 aromatic rings. The lowest BCUT2D eigenvalue weighted by Crippen LogP contribution is -2.52. The summed E-state index contributed by atoms with van der Waals surface area (Å²) in [6, 6.07) is -1.40. The molecule has 0 aromatic carbocycles. The second-order valence-corrected chi connectivity index (χ2v) is 2.94. The van der Waals surface area contributed by atoms with Crippen LogP contribution in [0.2, 0.25) is 0 Å². The number of rotatable bonds is 5. The highest BCUT2D eigenvalue weighted by molar-refractivity contribution is 5.95. The molecule has 7 nitrogen and oxygen atoms in total. The molecule has 1 atom stereocenters. The van der Waals surface area contributed by atoms with Gasteiger partial charge in [-0.1, -0.05) is 12.2 Å². The first kappa shape index (κ1) is 14.3. The summed E-state index contributed by atoms with van der Waals surface area (Å²) in [7, 11) is 0. The van der Waals surface area contributed by atoms with Crippen LogP contribution in [-0.4, -0.2) is 33.3 Å². The van der Waals surface area contributed by atoms with E-state index in [1.165, 1.54) is 26.0 Å². The largest absolute Gasteiger partial charge is 0.480 e. The molecule has 0 rings (SSSR count). The fraction of sp³-hybridized carbons (Fsp3) is 0.333. The third-order valence-electron chi connectivity index (χ3n) is 1.97. The van der Waals surface area contributed by atoms with E-state index < -0.39 is 18.0 Å². The van der Waals surface area contributed by atoms with Gasteiger partial charge in [0, 0.05) is 0 Å². The Labute approximate surface area is 92.6 Å². The smallest absolute Gasteiger partial charge is 0.335 e. The fourth-order valence-corrected chi connectivity index (χ4v) is 1.30. The Kier molecular flexibility index (Phi) is 5.37. The number of carboxylic acid groups (broad SMARTS) is 2. The van der Waals surface area contributed by atoms with Crippen LogP contribution in [-0.2, 0) is 9.59 Å². The number of hydrogen-bond donors (Lipinski definition) is 4. The highest BCUT2D eigenvalue weighted by Crippen LogP contribution is 2.17. The van der Waals surface area contributed by atoms with Gasteiger partial charge in [-0.15, -0.1) is 0 Å². The van der Waals surface area contributed by atoms with Gasteiger partial charge in [0.15, 0.2) is 6.04 Å². The van der Waals surface area contributed by atoms with Gasteiger partial charge in [-0.25, -0.2) is 4.79 Å². The molecular weight excluding hydrogens is 214 g/mol. The van der Waals surface area contributed by atoms with Gasteiger partial charge >= 0.3 is 11.9 Å². The van der Waals surface area contributed by atoms with Crippen molar-refractivity contribution in [3.63, 3.8) is 0 Å². The maximum Gasteiger partial charge on any atom is 0.335 e. The van der Waals surface area contributed by atoms with Gasteiger partial charge in [0.25, 0.3) is 0 Å². The Balaban J connectivity index is 5.43. The number of hydrazine groups is 2. The second kappa shape index (κ2) is 6.01. The Morgan fingerprint density at radius 3 is 1.88 bits per heavy atom. The predicted octanol–water partition coefficient (Wildman–Crippen LogP) is -0.534. The average molecular weight is 229 g/mol. The molecule has 90 valence electrons.